The summed E-state index contributed by atoms with van der Waals surface area (Å²) in [4.78, 5) is 80.7. The maximum absolute atomic E-state index is 13.8. The van der Waals surface area contributed by atoms with Gasteiger partial charge >= 0.3 is 35.8 Å². The van der Waals surface area contributed by atoms with Crippen LogP contribution >= 0.6 is 0 Å². The molecule has 7 rings (SSSR count). The van der Waals surface area contributed by atoms with Crippen LogP contribution < -0.4 is 0 Å². The molecule has 3 heterocycles. The lowest BCUT2D eigenvalue weighted by atomic mass is 9.85. The lowest BCUT2D eigenvalue weighted by molar-refractivity contribution is -0.356. The van der Waals surface area contributed by atoms with Crippen molar-refractivity contribution in [1.29, 1.82) is 0 Å². The van der Waals surface area contributed by atoms with Gasteiger partial charge in [0.15, 0.2) is 31.1 Å². The molecule has 15 unspecified atom stereocenters. The summed E-state index contributed by atoms with van der Waals surface area (Å²) in [6.45, 7) is 12.7. The minimum atomic E-state index is -1.42. The molecule has 82 heavy (non-hydrogen) atoms. The summed E-state index contributed by atoms with van der Waals surface area (Å²) in [6.07, 6.45) is -4.39. The van der Waals surface area contributed by atoms with Gasteiger partial charge in [0.2, 0.25) is 0 Å². The third kappa shape index (κ3) is 17.6. The van der Waals surface area contributed by atoms with E-state index in [1.54, 1.807) is 135 Å². The van der Waals surface area contributed by atoms with E-state index in [-0.39, 0.29) is 26.4 Å². The lowest BCUT2D eigenvalue weighted by Crippen LogP contribution is -2.65. The van der Waals surface area contributed by atoms with E-state index in [0.29, 0.717) is 28.7 Å². The van der Waals surface area contributed by atoms with Crippen LogP contribution in [0.4, 0.5) is 0 Å². The molecule has 0 spiro atoms. The second kappa shape index (κ2) is 31.6. The molecular weight excluding hydrogens is 1060 g/mol. The third-order valence-corrected chi connectivity index (χ3v) is 15.0. The fourth-order valence-corrected chi connectivity index (χ4v) is 10.4. The number of benzene rings is 4. The van der Waals surface area contributed by atoms with Crippen molar-refractivity contribution in [2.45, 2.75) is 154 Å². The highest BCUT2D eigenvalue weighted by Gasteiger charge is 2.55. The van der Waals surface area contributed by atoms with Crippen molar-refractivity contribution in [2.24, 2.45) is 23.7 Å². The van der Waals surface area contributed by atoms with Crippen LogP contribution in [0, 0.1) is 23.7 Å². The Morgan fingerprint density at radius 1 is 0.415 bits per heavy atom. The SMILES string of the molecule is C=CCCCCCCCCOC1OC(COC2OC(COC(=O)c3ccccc3)C(C)C(OC(=O)c3ccccc3)C2C)C(OC(C)=O)C(OC2OC(COC(=O)c3ccccc3)C(C)C(OC(=O)c3ccccc3)C2C)C1OC(C)=O. The molecule has 3 aliphatic rings. The van der Waals surface area contributed by atoms with Gasteiger partial charge < -0.3 is 56.8 Å². The van der Waals surface area contributed by atoms with Crippen LogP contribution in [-0.2, 0) is 66.4 Å². The van der Waals surface area contributed by atoms with E-state index < -0.39 is 127 Å². The molecule has 0 aliphatic carbocycles. The molecule has 0 amide bonds. The Labute approximate surface area is 480 Å². The molecule has 442 valence electrons. The van der Waals surface area contributed by atoms with Crippen LogP contribution in [0.15, 0.2) is 134 Å². The van der Waals surface area contributed by atoms with Crippen molar-refractivity contribution < 1.29 is 85.6 Å². The third-order valence-electron chi connectivity index (χ3n) is 15.0. The first-order valence-corrected chi connectivity index (χ1v) is 28.4. The van der Waals surface area contributed by atoms with Gasteiger partial charge in [-0.25, -0.2) is 19.2 Å². The quantitative estimate of drug-likeness (QED) is 0.0235. The van der Waals surface area contributed by atoms with Crippen LogP contribution in [-0.4, -0.2) is 130 Å². The summed E-state index contributed by atoms with van der Waals surface area (Å²) in [5.41, 5.74) is 1.27. The first kappa shape index (κ1) is 62.8. The molecule has 4 aromatic carbocycles. The number of unbranched alkanes of at least 4 members (excludes halogenated alkanes) is 6. The predicted molar refractivity (Wildman–Crippen MR) is 298 cm³/mol. The predicted octanol–water partition coefficient (Wildman–Crippen LogP) is 10.1. The van der Waals surface area contributed by atoms with Crippen molar-refractivity contribution >= 4 is 35.8 Å². The summed E-state index contributed by atoms with van der Waals surface area (Å²) >= 11 is 0. The molecule has 4 aromatic rings. The van der Waals surface area contributed by atoms with Crippen LogP contribution in [0.5, 0.6) is 0 Å². The Morgan fingerprint density at radius 3 is 1.28 bits per heavy atom. The molecule has 0 aromatic heterocycles. The van der Waals surface area contributed by atoms with E-state index in [0.717, 1.165) is 38.5 Å². The first-order chi connectivity index (χ1) is 39.6. The smallest absolute Gasteiger partial charge is 0.338 e. The Hall–Kier alpha value is -6.80. The summed E-state index contributed by atoms with van der Waals surface area (Å²) in [5, 5.41) is 0. The van der Waals surface area contributed by atoms with Crippen molar-refractivity contribution in [1.82, 2.24) is 0 Å². The highest BCUT2D eigenvalue weighted by molar-refractivity contribution is 5.91. The minimum absolute atomic E-state index is 0.173. The molecule has 0 saturated carbocycles. The Kier molecular flexibility index (Phi) is 24.2. The van der Waals surface area contributed by atoms with E-state index in [9.17, 15) is 28.8 Å². The number of rotatable bonds is 27. The summed E-state index contributed by atoms with van der Waals surface area (Å²) < 4.78 is 76.3. The van der Waals surface area contributed by atoms with Crippen LogP contribution in [0.25, 0.3) is 0 Å². The highest BCUT2D eigenvalue weighted by atomic mass is 16.8. The van der Waals surface area contributed by atoms with Crippen molar-refractivity contribution in [2.75, 3.05) is 26.4 Å². The van der Waals surface area contributed by atoms with E-state index in [4.69, 9.17) is 56.8 Å². The molecule has 15 atom stereocenters. The molecular formula is C64H78O18. The molecule has 18 nitrogen and oxygen atoms in total. The van der Waals surface area contributed by atoms with E-state index in [1.807, 2.05) is 19.9 Å². The van der Waals surface area contributed by atoms with Gasteiger partial charge in [0.05, 0.1) is 28.9 Å². The Morgan fingerprint density at radius 2 is 0.817 bits per heavy atom. The number of carbonyl (C=O) groups excluding carboxylic acids is 6. The normalized spacial score (nSPS) is 27.9. The molecule has 0 N–H and O–H groups in total. The maximum atomic E-state index is 13.8. The molecule has 0 bridgehead atoms. The van der Waals surface area contributed by atoms with Gasteiger partial charge in [-0.15, -0.1) is 6.58 Å². The fraction of sp³-hybridized carbons (Fsp3) is 0.500. The van der Waals surface area contributed by atoms with Gasteiger partial charge in [0.25, 0.3) is 0 Å². The topological polar surface area (TPSA) is 213 Å². The number of esters is 6. The van der Waals surface area contributed by atoms with Crippen LogP contribution in [0.3, 0.4) is 0 Å². The number of ether oxygens (including phenoxy) is 12. The number of carbonyl (C=O) groups is 6. The van der Waals surface area contributed by atoms with Crippen molar-refractivity contribution in [3.63, 3.8) is 0 Å². The van der Waals surface area contributed by atoms with E-state index in [2.05, 4.69) is 6.58 Å². The average molecular weight is 1140 g/mol. The van der Waals surface area contributed by atoms with Crippen molar-refractivity contribution in [3.8, 4) is 0 Å². The zero-order chi connectivity index (χ0) is 58.5. The van der Waals surface area contributed by atoms with Gasteiger partial charge in [-0.2, -0.15) is 0 Å². The van der Waals surface area contributed by atoms with E-state index >= 15 is 0 Å². The summed E-state index contributed by atoms with van der Waals surface area (Å²) in [5.74, 6) is -6.37. The zero-order valence-electron chi connectivity index (χ0n) is 47.6. The largest absolute Gasteiger partial charge is 0.459 e. The Bertz CT molecular complexity index is 2650. The average Bonchev–Trinajstić information content (AvgIpc) is 3.66. The lowest BCUT2D eigenvalue weighted by Gasteiger charge is -2.49. The summed E-state index contributed by atoms with van der Waals surface area (Å²) in [7, 11) is 0. The molecule has 3 aliphatic heterocycles. The molecule has 3 fully saturated rings. The number of hydrogen-bond acceptors (Lipinski definition) is 18. The standard InChI is InChI=1S/C64H78O18/c1-8-9-10-11-12-13-14-27-36-71-64-57(76-45(7)66)56(82-63-43(5)54(81-61(70)49-34-25-18-26-35-49)41(3)51(78-63)38-73-59(68)47-30-21-16-22-31-47)55(75-44(6)65)52(79-64)39-74-62-42(4)53(80-60(69)48-32-23-17-24-33-48)40(2)50(77-62)37-72-58(67)46-28-19-15-20-29-46/h8,15-26,28-35,40-43,50-57,62-64H,1,9-14,27,36-39H2,2-7H3. The van der Waals surface area contributed by atoms with Gasteiger partial charge in [0, 0.05) is 44.1 Å². The van der Waals surface area contributed by atoms with Gasteiger partial charge in [-0.1, -0.05) is 132 Å². The zero-order valence-corrected chi connectivity index (χ0v) is 47.6. The van der Waals surface area contributed by atoms with Crippen molar-refractivity contribution in [3.05, 3.63) is 156 Å². The van der Waals surface area contributed by atoms with Crippen LogP contribution in [0.2, 0.25) is 0 Å². The van der Waals surface area contributed by atoms with Gasteiger partial charge in [-0.05, 0) is 67.8 Å². The number of allylic oxidation sites excluding steroid dienone is 1. The molecule has 3 saturated heterocycles. The highest BCUT2D eigenvalue weighted by Crippen LogP contribution is 2.40. The van der Waals surface area contributed by atoms with Crippen LogP contribution in [0.1, 0.15) is 128 Å². The fourth-order valence-electron chi connectivity index (χ4n) is 10.4. The first-order valence-electron chi connectivity index (χ1n) is 28.4. The van der Waals surface area contributed by atoms with Gasteiger partial charge in [0.1, 0.15) is 49.8 Å². The number of hydrogen-bond donors (Lipinski definition) is 0. The van der Waals surface area contributed by atoms with E-state index in [1.165, 1.54) is 13.8 Å². The molecule has 18 heteroatoms. The second-order valence-corrected chi connectivity index (χ2v) is 21.1. The Balaban J connectivity index is 1.20. The second-order valence-electron chi connectivity index (χ2n) is 21.1. The minimum Gasteiger partial charge on any atom is -0.459 e. The van der Waals surface area contributed by atoms with Gasteiger partial charge in [-0.3, -0.25) is 9.59 Å². The molecule has 0 radical (unpaired) electrons. The summed E-state index contributed by atoms with van der Waals surface area (Å²) in [6, 6.07) is 33.9. The monoisotopic (exact) mass is 1130 g/mol. The maximum Gasteiger partial charge on any atom is 0.338 e.